The van der Waals surface area contributed by atoms with Crippen LogP contribution in [0.5, 0.6) is 5.75 Å². The maximum atomic E-state index is 12.0. The Labute approximate surface area is 131 Å². The molecule has 0 heterocycles. The predicted octanol–water partition coefficient (Wildman–Crippen LogP) is 4.66. The fraction of sp³-hybridized carbons (Fsp3) is 0.316. The van der Waals surface area contributed by atoms with E-state index in [1.54, 1.807) is 20.1 Å². The van der Waals surface area contributed by atoms with Crippen LogP contribution in [0.4, 0.5) is 0 Å². The van der Waals surface area contributed by atoms with Crippen LogP contribution in [-0.4, -0.2) is 19.7 Å². The first-order chi connectivity index (χ1) is 10.6. The molecule has 22 heavy (non-hydrogen) atoms. The standard InChI is InChI=1S/C19H22O3/c1-5-22-19(20)14-10-11-18(21-4)17(12-14)16-9-7-6-8-15(16)13(2)3/h6-13H,5H2,1-4H3. The molecule has 0 N–H and O–H groups in total. The van der Waals surface area contributed by atoms with Gasteiger partial charge in [0.1, 0.15) is 5.75 Å². The molecule has 0 aliphatic rings. The molecular formula is C19H22O3. The van der Waals surface area contributed by atoms with Crippen LogP contribution in [0.1, 0.15) is 42.6 Å². The van der Waals surface area contributed by atoms with E-state index in [1.165, 1.54) is 5.56 Å². The lowest BCUT2D eigenvalue weighted by molar-refractivity contribution is 0.0526. The number of methoxy groups -OCH3 is 1. The molecule has 2 aromatic carbocycles. The van der Waals surface area contributed by atoms with Gasteiger partial charge < -0.3 is 9.47 Å². The summed E-state index contributed by atoms with van der Waals surface area (Å²) in [5.41, 5.74) is 3.76. The maximum absolute atomic E-state index is 12.0. The molecule has 0 bridgehead atoms. The summed E-state index contributed by atoms with van der Waals surface area (Å²) in [5.74, 6) is 0.821. The minimum Gasteiger partial charge on any atom is -0.496 e. The molecule has 116 valence electrons. The maximum Gasteiger partial charge on any atom is 0.338 e. The lowest BCUT2D eigenvalue weighted by Gasteiger charge is -2.16. The van der Waals surface area contributed by atoms with E-state index in [0.717, 1.165) is 16.9 Å². The number of esters is 1. The fourth-order valence-electron chi connectivity index (χ4n) is 2.51. The first-order valence-electron chi connectivity index (χ1n) is 7.53. The van der Waals surface area contributed by atoms with Gasteiger partial charge in [0.15, 0.2) is 0 Å². The molecule has 0 atom stereocenters. The van der Waals surface area contributed by atoms with E-state index in [1.807, 2.05) is 24.3 Å². The minimum absolute atomic E-state index is 0.312. The topological polar surface area (TPSA) is 35.5 Å². The molecule has 0 saturated carbocycles. The molecule has 0 spiro atoms. The zero-order valence-electron chi connectivity index (χ0n) is 13.6. The van der Waals surface area contributed by atoms with Crippen LogP contribution in [0.15, 0.2) is 42.5 Å². The zero-order valence-corrected chi connectivity index (χ0v) is 13.6. The normalized spacial score (nSPS) is 10.6. The highest BCUT2D eigenvalue weighted by Gasteiger charge is 2.15. The van der Waals surface area contributed by atoms with Crippen molar-refractivity contribution in [3.05, 3.63) is 53.6 Å². The SMILES string of the molecule is CCOC(=O)c1ccc(OC)c(-c2ccccc2C(C)C)c1. The third-order valence-corrected chi connectivity index (χ3v) is 3.58. The van der Waals surface area contributed by atoms with Gasteiger partial charge in [0.05, 0.1) is 19.3 Å². The van der Waals surface area contributed by atoms with Crippen molar-refractivity contribution in [3.63, 3.8) is 0 Å². The van der Waals surface area contributed by atoms with Crippen molar-refractivity contribution >= 4 is 5.97 Å². The summed E-state index contributed by atoms with van der Waals surface area (Å²) in [6.07, 6.45) is 0. The van der Waals surface area contributed by atoms with Crippen molar-refractivity contribution in [3.8, 4) is 16.9 Å². The van der Waals surface area contributed by atoms with E-state index in [2.05, 4.69) is 26.0 Å². The fourth-order valence-corrected chi connectivity index (χ4v) is 2.51. The average Bonchev–Trinajstić information content (AvgIpc) is 2.54. The molecule has 2 rings (SSSR count). The quantitative estimate of drug-likeness (QED) is 0.753. The lowest BCUT2D eigenvalue weighted by Crippen LogP contribution is -2.05. The van der Waals surface area contributed by atoms with Gasteiger partial charge in [-0.25, -0.2) is 4.79 Å². The largest absolute Gasteiger partial charge is 0.496 e. The highest BCUT2D eigenvalue weighted by molar-refractivity contribution is 5.92. The molecule has 0 saturated heterocycles. The Balaban J connectivity index is 2.58. The predicted molar refractivity (Wildman–Crippen MR) is 88.5 cm³/mol. The number of hydrogen-bond donors (Lipinski definition) is 0. The van der Waals surface area contributed by atoms with E-state index >= 15 is 0 Å². The van der Waals surface area contributed by atoms with Gasteiger partial charge in [-0.05, 0) is 42.2 Å². The monoisotopic (exact) mass is 298 g/mol. The van der Waals surface area contributed by atoms with Crippen LogP contribution in [0.2, 0.25) is 0 Å². The number of ether oxygens (including phenoxy) is 2. The van der Waals surface area contributed by atoms with Gasteiger partial charge in [0.2, 0.25) is 0 Å². The third kappa shape index (κ3) is 3.30. The second-order valence-electron chi connectivity index (χ2n) is 5.38. The smallest absolute Gasteiger partial charge is 0.338 e. The van der Waals surface area contributed by atoms with Gasteiger partial charge in [-0.2, -0.15) is 0 Å². The van der Waals surface area contributed by atoms with E-state index in [-0.39, 0.29) is 5.97 Å². The van der Waals surface area contributed by atoms with E-state index in [4.69, 9.17) is 9.47 Å². The van der Waals surface area contributed by atoms with Gasteiger partial charge in [0, 0.05) is 5.56 Å². The van der Waals surface area contributed by atoms with Crippen LogP contribution in [0.3, 0.4) is 0 Å². The van der Waals surface area contributed by atoms with Crippen molar-refractivity contribution in [1.29, 1.82) is 0 Å². The zero-order chi connectivity index (χ0) is 16.1. The van der Waals surface area contributed by atoms with Gasteiger partial charge in [0.25, 0.3) is 0 Å². The second-order valence-corrected chi connectivity index (χ2v) is 5.38. The molecule has 0 aliphatic heterocycles. The Morgan fingerprint density at radius 2 is 1.82 bits per heavy atom. The van der Waals surface area contributed by atoms with Gasteiger partial charge >= 0.3 is 5.97 Å². The number of benzene rings is 2. The Bertz CT molecular complexity index is 659. The molecular weight excluding hydrogens is 276 g/mol. The van der Waals surface area contributed by atoms with Crippen molar-refractivity contribution in [2.45, 2.75) is 26.7 Å². The average molecular weight is 298 g/mol. The second kappa shape index (κ2) is 7.12. The molecule has 0 unspecified atom stereocenters. The van der Waals surface area contributed by atoms with Crippen molar-refractivity contribution < 1.29 is 14.3 Å². The van der Waals surface area contributed by atoms with Crippen LogP contribution in [0, 0.1) is 0 Å². The van der Waals surface area contributed by atoms with Crippen LogP contribution in [0.25, 0.3) is 11.1 Å². The molecule has 3 heteroatoms. The molecule has 0 aliphatic carbocycles. The number of carbonyl (C=O) groups excluding carboxylic acids is 1. The highest BCUT2D eigenvalue weighted by atomic mass is 16.5. The first kappa shape index (κ1) is 16.1. The molecule has 2 aromatic rings. The first-order valence-corrected chi connectivity index (χ1v) is 7.53. The summed E-state index contributed by atoms with van der Waals surface area (Å²) in [6.45, 7) is 6.47. The summed E-state index contributed by atoms with van der Waals surface area (Å²) >= 11 is 0. The molecule has 0 fully saturated rings. The summed E-state index contributed by atoms with van der Waals surface area (Å²) in [6, 6.07) is 13.6. The lowest BCUT2D eigenvalue weighted by atomic mass is 9.91. The summed E-state index contributed by atoms with van der Waals surface area (Å²) in [5, 5.41) is 0. The molecule has 3 nitrogen and oxygen atoms in total. The van der Waals surface area contributed by atoms with Crippen LogP contribution >= 0.6 is 0 Å². The number of rotatable bonds is 5. The summed E-state index contributed by atoms with van der Waals surface area (Å²) in [7, 11) is 1.64. The van der Waals surface area contributed by atoms with Crippen molar-refractivity contribution in [2.75, 3.05) is 13.7 Å². The number of carbonyl (C=O) groups is 1. The Morgan fingerprint density at radius 1 is 1.09 bits per heavy atom. The highest BCUT2D eigenvalue weighted by Crippen LogP contribution is 2.36. The van der Waals surface area contributed by atoms with E-state index in [9.17, 15) is 4.79 Å². The number of hydrogen-bond acceptors (Lipinski definition) is 3. The van der Waals surface area contributed by atoms with Crippen LogP contribution in [-0.2, 0) is 4.74 Å². The summed E-state index contributed by atoms with van der Waals surface area (Å²) < 4.78 is 10.6. The summed E-state index contributed by atoms with van der Waals surface area (Å²) in [4.78, 5) is 12.0. The third-order valence-electron chi connectivity index (χ3n) is 3.58. The Morgan fingerprint density at radius 3 is 2.45 bits per heavy atom. The molecule has 0 aromatic heterocycles. The van der Waals surface area contributed by atoms with E-state index in [0.29, 0.717) is 18.1 Å². The Hall–Kier alpha value is -2.29. The van der Waals surface area contributed by atoms with Gasteiger partial charge in [-0.1, -0.05) is 38.1 Å². The molecule has 0 amide bonds. The van der Waals surface area contributed by atoms with E-state index < -0.39 is 0 Å². The minimum atomic E-state index is -0.312. The Kier molecular flexibility index (Phi) is 5.21. The van der Waals surface area contributed by atoms with Crippen molar-refractivity contribution in [2.24, 2.45) is 0 Å². The van der Waals surface area contributed by atoms with Gasteiger partial charge in [-0.3, -0.25) is 0 Å². The van der Waals surface area contributed by atoms with Crippen molar-refractivity contribution in [1.82, 2.24) is 0 Å². The van der Waals surface area contributed by atoms with Crippen LogP contribution < -0.4 is 4.74 Å². The van der Waals surface area contributed by atoms with Gasteiger partial charge in [-0.15, -0.1) is 0 Å². The molecule has 0 radical (unpaired) electrons.